The molecule has 1 aromatic carbocycles. The number of halogens is 4. The highest BCUT2D eigenvalue weighted by atomic mass is 19.3. The molecule has 0 saturated heterocycles. The Morgan fingerprint density at radius 2 is 1.77 bits per heavy atom. The fourth-order valence-corrected chi connectivity index (χ4v) is 2.66. The Morgan fingerprint density at radius 3 is 2.23 bits per heavy atom. The molecule has 0 unspecified atom stereocenters. The van der Waals surface area contributed by atoms with Gasteiger partial charge in [0.05, 0.1) is 0 Å². The van der Waals surface area contributed by atoms with Crippen molar-refractivity contribution >= 4 is 17.5 Å². The number of nitrogens with zero attached hydrogens (tertiary/aromatic N) is 1. The third kappa shape index (κ3) is 6.71. The highest BCUT2D eigenvalue weighted by Crippen LogP contribution is 2.34. The van der Waals surface area contributed by atoms with Crippen LogP contribution in [0.1, 0.15) is 59.1 Å². The Labute approximate surface area is 176 Å². The maximum Gasteiger partial charge on any atom is 0.286 e. The van der Waals surface area contributed by atoms with Crippen LogP contribution >= 0.6 is 0 Å². The minimum Gasteiger partial charge on any atom is -0.355 e. The molecule has 1 aromatic rings. The molecule has 0 radical (unpaired) electrons. The molecule has 0 fully saturated rings. The summed E-state index contributed by atoms with van der Waals surface area (Å²) in [6.45, 7) is 18.1. The van der Waals surface area contributed by atoms with E-state index in [9.17, 15) is 17.6 Å². The maximum absolute atomic E-state index is 13.9. The molecule has 0 amide bonds. The third-order valence-electron chi connectivity index (χ3n) is 4.87. The molecule has 0 heterocycles. The van der Waals surface area contributed by atoms with Gasteiger partial charge in [0.2, 0.25) is 0 Å². The summed E-state index contributed by atoms with van der Waals surface area (Å²) in [5.74, 6) is -2.90. The van der Waals surface area contributed by atoms with Crippen molar-refractivity contribution in [3.8, 4) is 0 Å². The predicted octanol–water partition coefficient (Wildman–Crippen LogP) is 8.19. The van der Waals surface area contributed by atoms with Crippen molar-refractivity contribution < 1.29 is 17.6 Å². The van der Waals surface area contributed by atoms with E-state index < -0.39 is 18.0 Å². The zero-order valence-corrected chi connectivity index (χ0v) is 18.4. The van der Waals surface area contributed by atoms with Gasteiger partial charge in [-0.3, -0.25) is 4.99 Å². The van der Waals surface area contributed by atoms with Gasteiger partial charge in [-0.1, -0.05) is 38.6 Å². The molecule has 2 nitrogen and oxygen atoms in total. The van der Waals surface area contributed by atoms with Crippen molar-refractivity contribution in [3.63, 3.8) is 0 Å². The van der Waals surface area contributed by atoms with Crippen LogP contribution in [0.4, 0.5) is 23.2 Å². The number of allylic oxidation sites excluding steroid dienone is 5. The first-order chi connectivity index (χ1) is 13.8. The molecule has 0 saturated carbocycles. The van der Waals surface area contributed by atoms with Gasteiger partial charge in [-0.25, -0.2) is 8.78 Å². The first kappa shape index (κ1) is 25.4. The van der Waals surface area contributed by atoms with E-state index in [1.165, 1.54) is 31.3 Å². The molecule has 0 aromatic heterocycles. The average Bonchev–Trinajstić information content (AvgIpc) is 2.65. The quantitative estimate of drug-likeness (QED) is 0.242. The van der Waals surface area contributed by atoms with Crippen LogP contribution in [0.5, 0.6) is 0 Å². The van der Waals surface area contributed by atoms with Crippen molar-refractivity contribution in [1.29, 1.82) is 0 Å². The van der Waals surface area contributed by atoms with Gasteiger partial charge < -0.3 is 5.32 Å². The number of nitrogens with one attached hydrogen (secondary N) is 1. The summed E-state index contributed by atoms with van der Waals surface area (Å²) >= 11 is 0. The van der Waals surface area contributed by atoms with E-state index in [4.69, 9.17) is 0 Å². The molecule has 6 heteroatoms. The zero-order valence-electron chi connectivity index (χ0n) is 18.4. The van der Waals surface area contributed by atoms with Gasteiger partial charge in [0.15, 0.2) is 0 Å². The topological polar surface area (TPSA) is 24.4 Å². The van der Waals surface area contributed by atoms with Crippen molar-refractivity contribution in [3.05, 3.63) is 71.1 Å². The second kappa shape index (κ2) is 10.4. The lowest BCUT2D eigenvalue weighted by atomic mass is 9.97. The van der Waals surface area contributed by atoms with E-state index in [-0.39, 0.29) is 16.7 Å². The molecule has 0 spiro atoms. The van der Waals surface area contributed by atoms with Crippen LogP contribution in [0, 0.1) is 5.92 Å². The Balaban J connectivity index is 3.49. The predicted molar refractivity (Wildman–Crippen MR) is 119 cm³/mol. The standard InChI is InChI=1S/C24H30F4N2/c1-9-29-22(24(8,27)28)12-15(4)20-13-19(23(25)26)10-11-21(20)30-18(7)17(6)16(5)14(2)3/h9-14,23,30H,4,7H2,1-3,5-6,8H3/b17-16+,22-12-,29-9-. The molecule has 0 atom stereocenters. The summed E-state index contributed by atoms with van der Waals surface area (Å²) in [6.07, 6.45) is -0.348. The van der Waals surface area contributed by atoms with Gasteiger partial charge in [0.1, 0.15) is 5.70 Å². The first-order valence-electron chi connectivity index (χ1n) is 9.63. The molecule has 30 heavy (non-hydrogen) atoms. The van der Waals surface area contributed by atoms with Crippen LogP contribution in [-0.4, -0.2) is 12.1 Å². The van der Waals surface area contributed by atoms with E-state index in [0.29, 0.717) is 17.3 Å². The lowest BCUT2D eigenvalue weighted by Crippen LogP contribution is -2.12. The van der Waals surface area contributed by atoms with Gasteiger partial charge in [0.25, 0.3) is 12.3 Å². The third-order valence-corrected chi connectivity index (χ3v) is 4.87. The normalized spacial score (nSPS) is 13.8. The number of aliphatic imine (C=N–C) groups is 1. The number of anilines is 1. The fraction of sp³-hybridized carbons (Fsp3) is 0.375. The molecule has 1 rings (SSSR count). The number of hydrogen-bond donors (Lipinski definition) is 1. The van der Waals surface area contributed by atoms with Gasteiger partial charge in [-0.05, 0) is 56.0 Å². The average molecular weight is 423 g/mol. The number of rotatable bonds is 9. The van der Waals surface area contributed by atoms with Crippen molar-refractivity contribution in [2.45, 2.75) is 53.9 Å². The van der Waals surface area contributed by atoms with E-state index in [1.807, 2.05) is 13.8 Å². The van der Waals surface area contributed by atoms with Crippen LogP contribution in [0.15, 0.2) is 65.0 Å². The van der Waals surface area contributed by atoms with Gasteiger partial charge >= 0.3 is 0 Å². The summed E-state index contributed by atoms with van der Waals surface area (Å²) < 4.78 is 54.3. The Kier molecular flexibility index (Phi) is 8.82. The Morgan fingerprint density at radius 1 is 1.17 bits per heavy atom. The maximum atomic E-state index is 13.9. The lowest BCUT2D eigenvalue weighted by molar-refractivity contribution is 0.0623. The lowest BCUT2D eigenvalue weighted by Gasteiger charge is -2.19. The van der Waals surface area contributed by atoms with Crippen LogP contribution in [0.25, 0.3) is 5.57 Å². The van der Waals surface area contributed by atoms with E-state index in [1.54, 1.807) is 0 Å². The molecule has 1 N–H and O–H groups in total. The summed E-state index contributed by atoms with van der Waals surface area (Å²) in [4.78, 5) is 3.71. The second-order valence-electron chi connectivity index (χ2n) is 7.50. The first-order valence-corrected chi connectivity index (χ1v) is 9.63. The largest absolute Gasteiger partial charge is 0.355 e. The highest BCUT2D eigenvalue weighted by molar-refractivity contribution is 5.83. The Hall–Kier alpha value is -2.63. The van der Waals surface area contributed by atoms with E-state index >= 15 is 0 Å². The summed E-state index contributed by atoms with van der Waals surface area (Å²) in [6, 6.07) is 4.01. The van der Waals surface area contributed by atoms with Crippen molar-refractivity contribution in [1.82, 2.24) is 0 Å². The summed E-state index contributed by atoms with van der Waals surface area (Å²) in [5, 5.41) is 3.12. The molecular formula is C24H30F4N2. The van der Waals surface area contributed by atoms with E-state index in [2.05, 4.69) is 37.3 Å². The summed E-state index contributed by atoms with van der Waals surface area (Å²) in [5.41, 5.74) is 2.78. The van der Waals surface area contributed by atoms with E-state index in [0.717, 1.165) is 24.1 Å². The highest BCUT2D eigenvalue weighted by Gasteiger charge is 2.27. The van der Waals surface area contributed by atoms with Crippen molar-refractivity contribution in [2.24, 2.45) is 10.9 Å². The van der Waals surface area contributed by atoms with Crippen LogP contribution in [-0.2, 0) is 0 Å². The van der Waals surface area contributed by atoms with Crippen LogP contribution in [0.3, 0.4) is 0 Å². The molecule has 0 aliphatic heterocycles. The number of hydrogen-bond acceptors (Lipinski definition) is 2. The minimum absolute atomic E-state index is 0.136. The van der Waals surface area contributed by atoms with Crippen LogP contribution < -0.4 is 5.32 Å². The van der Waals surface area contributed by atoms with Gasteiger partial charge in [-0.2, -0.15) is 8.78 Å². The minimum atomic E-state index is -3.21. The smallest absolute Gasteiger partial charge is 0.286 e. The number of benzene rings is 1. The molecule has 0 bridgehead atoms. The summed E-state index contributed by atoms with van der Waals surface area (Å²) in [7, 11) is 0. The second-order valence-corrected chi connectivity index (χ2v) is 7.50. The molecule has 0 aliphatic rings. The number of alkyl halides is 4. The fourth-order valence-electron chi connectivity index (χ4n) is 2.66. The van der Waals surface area contributed by atoms with Crippen LogP contribution in [0.2, 0.25) is 0 Å². The monoisotopic (exact) mass is 422 g/mol. The molecule has 164 valence electrons. The van der Waals surface area contributed by atoms with Gasteiger partial charge in [-0.15, -0.1) is 0 Å². The SMILES string of the molecule is C=C(Nc1ccc(C(F)F)cc1C(=C)/C=C(\N=C/C)C(C)(F)F)/C(C)=C(\C)C(C)C. The van der Waals surface area contributed by atoms with Gasteiger partial charge in [0, 0.05) is 35.6 Å². The Bertz CT molecular complexity index is 885. The molecular weight excluding hydrogens is 392 g/mol. The van der Waals surface area contributed by atoms with Crippen molar-refractivity contribution in [2.75, 3.05) is 5.32 Å². The molecule has 0 aliphatic carbocycles. The zero-order chi connectivity index (χ0) is 23.2.